The molecule has 0 bridgehead atoms. The van der Waals surface area contributed by atoms with E-state index in [1.807, 2.05) is 29.6 Å². The molecule has 0 aliphatic carbocycles. The van der Waals surface area contributed by atoms with Gasteiger partial charge in [0.1, 0.15) is 0 Å². The van der Waals surface area contributed by atoms with Gasteiger partial charge >= 0.3 is 0 Å². The van der Waals surface area contributed by atoms with Gasteiger partial charge in [-0.25, -0.2) is 9.97 Å². The first-order valence-electron chi connectivity index (χ1n) is 10.5. The Kier molecular flexibility index (Phi) is 4.93. The molecule has 1 N–H and O–H groups in total. The number of nitrogens with one attached hydrogen (secondary N) is 1. The maximum atomic E-state index is 11.8. The number of fused-ring (bicyclic) bond motifs is 3. The molecular weight excluding hydrogens is 366 g/mol. The van der Waals surface area contributed by atoms with E-state index in [0.29, 0.717) is 5.92 Å². The van der Waals surface area contributed by atoms with Crippen LogP contribution in [0.1, 0.15) is 37.2 Å². The van der Waals surface area contributed by atoms with E-state index in [1.165, 1.54) is 10.9 Å². The summed E-state index contributed by atoms with van der Waals surface area (Å²) in [6.07, 6.45) is 11.2. The topological polar surface area (TPSA) is 74.3 Å². The summed E-state index contributed by atoms with van der Waals surface area (Å²) >= 11 is 0. The smallest absolute Gasteiger partial charge is 0.210 e. The molecule has 2 saturated heterocycles. The van der Waals surface area contributed by atoms with Gasteiger partial charge in [-0.2, -0.15) is 0 Å². The van der Waals surface area contributed by atoms with Crippen LogP contribution in [0.5, 0.6) is 0 Å². The molecule has 5 heterocycles. The molecule has 7 heteroatoms. The standard InChI is InChI=1S/C22H27N5O2/c1-29-16-3-2-9-26(13-16)20-11-15(6-10-27(20)14-28)17-4-7-23-19-12-25-22-18(21(17)19)5-8-24-22/h4-5,7-8,12,14-16,20,23H,2-3,6,9-11,13H2,1H3. The number of pyridine rings is 2. The minimum absolute atomic E-state index is 0.124. The number of hydrogen-bond acceptors (Lipinski definition) is 5. The van der Waals surface area contributed by atoms with Gasteiger partial charge in [0.25, 0.3) is 0 Å². The van der Waals surface area contributed by atoms with Crippen molar-refractivity contribution in [2.24, 2.45) is 0 Å². The lowest BCUT2D eigenvalue weighted by molar-refractivity contribution is -0.129. The molecule has 2 aliphatic rings. The molecule has 3 atom stereocenters. The summed E-state index contributed by atoms with van der Waals surface area (Å²) < 4.78 is 5.62. The lowest BCUT2D eigenvalue weighted by Gasteiger charge is -2.46. The number of piperidine rings is 2. The molecule has 7 nitrogen and oxygen atoms in total. The second-order valence-corrected chi connectivity index (χ2v) is 8.20. The summed E-state index contributed by atoms with van der Waals surface area (Å²) in [5.41, 5.74) is 3.16. The molecule has 2 fully saturated rings. The number of likely N-dealkylation sites (tertiary alicyclic amines) is 2. The molecule has 0 spiro atoms. The van der Waals surface area contributed by atoms with E-state index >= 15 is 0 Å². The fraction of sp³-hybridized carbons (Fsp3) is 0.500. The average Bonchev–Trinajstić information content (AvgIpc) is 3.27. The number of H-pyrrole nitrogens is 1. The third kappa shape index (κ3) is 3.28. The van der Waals surface area contributed by atoms with Crippen LogP contribution in [0.15, 0.2) is 30.7 Å². The summed E-state index contributed by atoms with van der Waals surface area (Å²) in [6, 6.07) is 4.25. The molecule has 0 saturated carbocycles. The Labute approximate surface area is 170 Å². The molecule has 3 aromatic heterocycles. The molecule has 0 radical (unpaired) electrons. The zero-order chi connectivity index (χ0) is 19.8. The number of nitrogens with zero attached hydrogens (tertiary/aromatic N) is 4. The first-order valence-corrected chi connectivity index (χ1v) is 10.5. The molecule has 152 valence electrons. The number of aromatic amines is 1. The van der Waals surface area contributed by atoms with Crippen molar-refractivity contribution in [2.45, 2.75) is 43.9 Å². The zero-order valence-corrected chi connectivity index (χ0v) is 16.8. The zero-order valence-electron chi connectivity index (χ0n) is 16.8. The lowest BCUT2D eigenvalue weighted by atomic mass is 9.85. The summed E-state index contributed by atoms with van der Waals surface area (Å²) in [5, 5.41) is 2.31. The number of ether oxygens (including phenoxy) is 1. The Balaban J connectivity index is 1.50. The van der Waals surface area contributed by atoms with E-state index in [1.54, 1.807) is 7.11 Å². The summed E-state index contributed by atoms with van der Waals surface area (Å²) in [6.45, 7) is 2.69. The third-order valence-corrected chi connectivity index (χ3v) is 6.68. The highest BCUT2D eigenvalue weighted by atomic mass is 16.5. The van der Waals surface area contributed by atoms with Crippen molar-refractivity contribution in [1.29, 1.82) is 0 Å². The van der Waals surface area contributed by atoms with Gasteiger partial charge in [0.2, 0.25) is 6.41 Å². The van der Waals surface area contributed by atoms with Gasteiger partial charge in [0.05, 0.1) is 24.0 Å². The van der Waals surface area contributed by atoms with Gasteiger partial charge in [-0.3, -0.25) is 9.69 Å². The van der Waals surface area contributed by atoms with E-state index in [4.69, 9.17) is 4.74 Å². The van der Waals surface area contributed by atoms with E-state index in [0.717, 1.165) is 68.3 Å². The Morgan fingerprint density at radius 1 is 1.24 bits per heavy atom. The molecule has 1 amide bonds. The maximum absolute atomic E-state index is 11.8. The van der Waals surface area contributed by atoms with Crippen LogP contribution in [0.25, 0.3) is 21.9 Å². The predicted octanol–water partition coefficient (Wildman–Crippen LogP) is 2.88. The number of aromatic nitrogens is 3. The molecule has 2 aliphatic heterocycles. The van der Waals surface area contributed by atoms with Crippen LogP contribution in [0.2, 0.25) is 0 Å². The fourth-order valence-electron chi connectivity index (χ4n) is 5.18. The third-order valence-electron chi connectivity index (χ3n) is 6.68. The van der Waals surface area contributed by atoms with Crippen molar-refractivity contribution in [1.82, 2.24) is 24.8 Å². The van der Waals surface area contributed by atoms with Crippen molar-refractivity contribution in [3.63, 3.8) is 0 Å². The summed E-state index contributed by atoms with van der Waals surface area (Å²) in [7, 11) is 1.79. The van der Waals surface area contributed by atoms with Gasteiger partial charge in [-0.05, 0) is 49.3 Å². The van der Waals surface area contributed by atoms with E-state index in [2.05, 4.69) is 25.9 Å². The number of methoxy groups -OCH3 is 1. The number of carbonyl (C=O) groups excluding carboxylic acids is 1. The predicted molar refractivity (Wildman–Crippen MR) is 112 cm³/mol. The average molecular weight is 393 g/mol. The molecule has 3 unspecified atom stereocenters. The van der Waals surface area contributed by atoms with Crippen molar-refractivity contribution in [3.8, 4) is 0 Å². The summed E-state index contributed by atoms with van der Waals surface area (Å²) in [4.78, 5) is 28.4. The van der Waals surface area contributed by atoms with Crippen molar-refractivity contribution >= 4 is 28.3 Å². The van der Waals surface area contributed by atoms with Crippen LogP contribution < -0.4 is 0 Å². The molecule has 5 rings (SSSR count). The van der Waals surface area contributed by atoms with Crippen molar-refractivity contribution < 1.29 is 9.53 Å². The number of carbonyl (C=O) groups is 1. The molecular formula is C22H27N5O2. The van der Waals surface area contributed by atoms with E-state index in [9.17, 15) is 4.79 Å². The monoisotopic (exact) mass is 393 g/mol. The highest BCUT2D eigenvalue weighted by Gasteiger charge is 2.35. The molecule has 3 aromatic rings. The molecule has 29 heavy (non-hydrogen) atoms. The van der Waals surface area contributed by atoms with Gasteiger partial charge in [-0.1, -0.05) is 0 Å². The van der Waals surface area contributed by atoms with Crippen LogP contribution >= 0.6 is 0 Å². The fourth-order valence-corrected chi connectivity index (χ4v) is 5.18. The normalized spacial score (nSPS) is 26.2. The Morgan fingerprint density at radius 2 is 2.17 bits per heavy atom. The maximum Gasteiger partial charge on any atom is 0.210 e. The Morgan fingerprint density at radius 3 is 3.03 bits per heavy atom. The van der Waals surface area contributed by atoms with Crippen LogP contribution in [-0.2, 0) is 9.53 Å². The number of rotatable bonds is 4. The highest BCUT2D eigenvalue weighted by molar-refractivity contribution is 6.05. The van der Waals surface area contributed by atoms with Gasteiger partial charge in [0, 0.05) is 49.9 Å². The summed E-state index contributed by atoms with van der Waals surface area (Å²) in [5.74, 6) is 0.386. The first-order chi connectivity index (χ1) is 14.3. The Bertz CT molecular complexity index is 1020. The van der Waals surface area contributed by atoms with E-state index in [-0.39, 0.29) is 12.3 Å². The second kappa shape index (κ2) is 7.72. The Hall–Kier alpha value is -2.51. The van der Waals surface area contributed by atoms with Gasteiger partial charge in [-0.15, -0.1) is 0 Å². The number of hydrogen-bond donors (Lipinski definition) is 1. The van der Waals surface area contributed by atoms with Gasteiger partial charge < -0.3 is 14.6 Å². The quantitative estimate of drug-likeness (QED) is 0.690. The van der Waals surface area contributed by atoms with E-state index < -0.39 is 0 Å². The van der Waals surface area contributed by atoms with Gasteiger partial charge in [0.15, 0.2) is 5.65 Å². The van der Waals surface area contributed by atoms with Crippen LogP contribution in [0.3, 0.4) is 0 Å². The van der Waals surface area contributed by atoms with Crippen molar-refractivity contribution in [3.05, 3.63) is 36.3 Å². The molecule has 0 aromatic carbocycles. The van der Waals surface area contributed by atoms with Crippen LogP contribution in [0.4, 0.5) is 0 Å². The SMILES string of the molecule is COC1CCCN(C2CC(c3cc[nH]c4cnc5nccc5c34)CCN2C=O)C1. The van der Waals surface area contributed by atoms with Crippen LogP contribution in [0, 0.1) is 0 Å². The minimum atomic E-state index is 0.124. The number of amides is 1. The lowest BCUT2D eigenvalue weighted by Crippen LogP contribution is -2.55. The highest BCUT2D eigenvalue weighted by Crippen LogP contribution is 2.38. The van der Waals surface area contributed by atoms with Crippen molar-refractivity contribution in [2.75, 3.05) is 26.7 Å². The first kappa shape index (κ1) is 18.5. The largest absolute Gasteiger partial charge is 0.380 e. The minimum Gasteiger partial charge on any atom is -0.380 e. The second-order valence-electron chi connectivity index (χ2n) is 8.20. The van der Waals surface area contributed by atoms with Crippen LogP contribution in [-0.4, -0.2) is 70.2 Å².